The predicted molar refractivity (Wildman–Crippen MR) is 100 cm³/mol. The number of hydrogen-bond acceptors (Lipinski definition) is 2. The summed E-state index contributed by atoms with van der Waals surface area (Å²) in [4.78, 5) is 0. The van der Waals surface area contributed by atoms with Crippen LogP contribution in [0.15, 0.2) is 32.8 Å². The van der Waals surface area contributed by atoms with Crippen molar-refractivity contribution < 1.29 is 9.09 Å². The Kier molecular flexibility index (Phi) is 6.28. The number of allylic oxidation sites excluding steroid dienone is 3. The van der Waals surface area contributed by atoms with E-state index >= 15 is 0 Å². The van der Waals surface area contributed by atoms with Crippen molar-refractivity contribution in [1.82, 2.24) is 0 Å². The van der Waals surface area contributed by atoms with E-state index in [0.717, 1.165) is 29.6 Å². The summed E-state index contributed by atoms with van der Waals surface area (Å²) in [6.07, 6.45) is 3.40. The van der Waals surface area contributed by atoms with Crippen LogP contribution < -0.4 is 0 Å². The molecule has 0 aromatic carbocycles. The average Bonchev–Trinajstić information content (AvgIpc) is 2.35. The molecule has 23 heavy (non-hydrogen) atoms. The van der Waals surface area contributed by atoms with Crippen LogP contribution in [0.2, 0.25) is 0 Å². The Morgan fingerprint density at radius 3 is 2.26 bits per heavy atom. The van der Waals surface area contributed by atoms with Gasteiger partial charge >= 0.3 is 0 Å². The van der Waals surface area contributed by atoms with E-state index in [0.29, 0.717) is 17.8 Å². The molecule has 0 amide bonds. The van der Waals surface area contributed by atoms with Crippen molar-refractivity contribution in [2.45, 2.75) is 60.0 Å². The quantitative estimate of drug-likeness (QED) is 0.484. The van der Waals surface area contributed by atoms with E-state index < -0.39 is 7.37 Å². The topological polar surface area (TPSA) is 26.3 Å². The van der Waals surface area contributed by atoms with Gasteiger partial charge in [-0.2, -0.15) is 0 Å². The molecule has 130 valence electrons. The Morgan fingerprint density at radius 2 is 1.78 bits per heavy atom. The summed E-state index contributed by atoms with van der Waals surface area (Å²) < 4.78 is 19.7. The minimum absolute atomic E-state index is 0.0506. The Morgan fingerprint density at radius 1 is 1.22 bits per heavy atom. The van der Waals surface area contributed by atoms with Crippen LogP contribution in [0, 0.1) is 17.8 Å². The molecule has 0 spiro atoms. The van der Waals surface area contributed by atoms with E-state index in [1.807, 2.05) is 13.8 Å². The maximum absolute atomic E-state index is 13.3. The zero-order valence-corrected chi connectivity index (χ0v) is 17.0. The second kappa shape index (κ2) is 7.48. The van der Waals surface area contributed by atoms with Crippen LogP contribution in [-0.2, 0) is 9.09 Å². The highest BCUT2D eigenvalue weighted by Gasteiger charge is 2.36. The van der Waals surface area contributed by atoms with Gasteiger partial charge in [-0.25, -0.2) is 0 Å². The normalized spacial score (nSPS) is 35.1. The molecule has 3 atom stereocenters. The van der Waals surface area contributed by atoms with Crippen molar-refractivity contribution in [3.63, 3.8) is 0 Å². The summed E-state index contributed by atoms with van der Waals surface area (Å²) in [6.45, 7) is 10.5. The molecule has 0 radical (unpaired) electrons. The third kappa shape index (κ3) is 4.54. The molecular formula is C18H27Cl2O2P. The lowest BCUT2D eigenvalue weighted by Crippen LogP contribution is -2.33. The van der Waals surface area contributed by atoms with Crippen LogP contribution in [-0.4, -0.2) is 6.10 Å². The third-order valence-electron chi connectivity index (χ3n) is 4.99. The van der Waals surface area contributed by atoms with Gasteiger partial charge in [0.15, 0.2) is 0 Å². The Labute approximate surface area is 150 Å². The molecule has 5 heteroatoms. The second-order valence-electron chi connectivity index (χ2n) is 7.37. The van der Waals surface area contributed by atoms with Gasteiger partial charge in [-0.15, -0.1) is 0 Å². The lowest BCUT2D eigenvalue weighted by molar-refractivity contribution is 0.0510. The molecule has 0 N–H and O–H groups in total. The number of rotatable bonds is 3. The average molecular weight is 377 g/mol. The van der Waals surface area contributed by atoms with E-state index in [1.54, 1.807) is 11.6 Å². The molecule has 2 rings (SSSR count). The van der Waals surface area contributed by atoms with Crippen molar-refractivity contribution in [1.29, 1.82) is 0 Å². The fourth-order valence-electron chi connectivity index (χ4n) is 3.82. The van der Waals surface area contributed by atoms with Gasteiger partial charge in [-0.05, 0) is 55.6 Å². The van der Waals surface area contributed by atoms with Crippen molar-refractivity contribution in [3.05, 3.63) is 32.8 Å². The second-order valence-corrected chi connectivity index (χ2v) is 10.3. The van der Waals surface area contributed by atoms with Gasteiger partial charge in [-0.1, -0.05) is 50.4 Å². The minimum Gasteiger partial charge on any atom is -0.319 e. The highest BCUT2D eigenvalue weighted by Crippen LogP contribution is 2.59. The first-order valence-electron chi connectivity index (χ1n) is 8.35. The molecule has 1 aliphatic heterocycles. The van der Waals surface area contributed by atoms with E-state index in [9.17, 15) is 4.57 Å². The van der Waals surface area contributed by atoms with Crippen molar-refractivity contribution >= 4 is 30.6 Å². The van der Waals surface area contributed by atoms with Gasteiger partial charge in [0.1, 0.15) is 4.49 Å². The maximum Gasteiger partial charge on any atom is 0.248 e. The Hall–Kier alpha value is -0.0100. The van der Waals surface area contributed by atoms with E-state index in [-0.39, 0.29) is 10.6 Å². The summed E-state index contributed by atoms with van der Waals surface area (Å²) in [5.74, 6) is 5.06. The molecule has 0 aromatic heterocycles. The van der Waals surface area contributed by atoms with Crippen LogP contribution in [0.5, 0.6) is 0 Å². The van der Waals surface area contributed by atoms with Gasteiger partial charge in [0, 0.05) is 17.2 Å². The fourth-order valence-corrected chi connectivity index (χ4v) is 6.62. The lowest BCUT2D eigenvalue weighted by atomic mass is 9.75. The molecule has 2 aliphatic rings. The maximum atomic E-state index is 13.3. The first-order chi connectivity index (χ1) is 10.6. The number of hydrogen-bond donors (Lipinski definition) is 0. The molecule has 1 heterocycles. The number of halogens is 2. The summed E-state index contributed by atoms with van der Waals surface area (Å²) in [5.41, 5.74) is 2.43. The monoisotopic (exact) mass is 376 g/mol. The summed E-state index contributed by atoms with van der Waals surface area (Å²) in [5, 5.41) is 0. The molecule has 1 aliphatic carbocycles. The fraction of sp³-hybridized carbons (Fsp3) is 0.667. The zero-order chi connectivity index (χ0) is 17.4. The third-order valence-corrected chi connectivity index (χ3v) is 7.46. The molecule has 2 nitrogen and oxygen atoms in total. The molecule has 1 saturated carbocycles. The molecule has 0 unspecified atom stereocenters. The van der Waals surface area contributed by atoms with Crippen LogP contribution in [0.3, 0.4) is 0 Å². The van der Waals surface area contributed by atoms with Crippen molar-refractivity contribution in [2.24, 2.45) is 17.8 Å². The van der Waals surface area contributed by atoms with Crippen molar-refractivity contribution in [3.8, 4) is 0 Å². The molecule has 0 bridgehead atoms. The van der Waals surface area contributed by atoms with Gasteiger partial charge in [-0.3, -0.25) is 4.57 Å². The Bertz CT molecular complexity index is 574. The smallest absolute Gasteiger partial charge is 0.248 e. The molecular weight excluding hydrogens is 350 g/mol. The van der Waals surface area contributed by atoms with Gasteiger partial charge in [0.2, 0.25) is 7.37 Å². The van der Waals surface area contributed by atoms with E-state index in [1.165, 1.54) is 6.42 Å². The Balaban J connectivity index is 2.28. The highest BCUT2D eigenvalue weighted by atomic mass is 35.5. The summed E-state index contributed by atoms with van der Waals surface area (Å²) in [6, 6.07) is 0. The highest BCUT2D eigenvalue weighted by molar-refractivity contribution is 7.65. The van der Waals surface area contributed by atoms with Crippen LogP contribution in [0.25, 0.3) is 0 Å². The lowest BCUT2D eigenvalue weighted by Gasteiger charge is -2.38. The first-order valence-corrected chi connectivity index (χ1v) is 10.9. The van der Waals surface area contributed by atoms with Crippen LogP contribution >= 0.6 is 30.6 Å². The van der Waals surface area contributed by atoms with E-state index in [4.69, 9.17) is 27.7 Å². The molecule has 0 saturated heterocycles. The van der Waals surface area contributed by atoms with Gasteiger partial charge in [0.05, 0.1) is 6.10 Å². The first kappa shape index (κ1) is 19.3. The van der Waals surface area contributed by atoms with Gasteiger partial charge < -0.3 is 4.52 Å². The largest absolute Gasteiger partial charge is 0.319 e. The van der Waals surface area contributed by atoms with Crippen LogP contribution in [0.4, 0.5) is 0 Å². The van der Waals surface area contributed by atoms with E-state index in [2.05, 4.69) is 20.8 Å². The van der Waals surface area contributed by atoms with Gasteiger partial charge in [0.25, 0.3) is 0 Å². The molecule has 0 aromatic rings. The van der Waals surface area contributed by atoms with Crippen molar-refractivity contribution in [2.75, 3.05) is 0 Å². The summed E-state index contributed by atoms with van der Waals surface area (Å²) in [7, 11) is -2.95. The minimum atomic E-state index is -2.95. The SMILES string of the molecule is CC1=CP(=O)(O[C@@H]2C[C@H](C)CC[C@H]2C(C)C)C=C(C)C1=C(Cl)Cl. The standard InChI is InChI=1S/C18H27Cl2O2P/c1-11(2)15-7-6-12(3)8-16(15)22-23(21)9-13(4)17(18(19)20)14(5)10-23/h9-12,15-16H,6-8H2,1-5H3/t12-,15+,16-/m1/s1. The predicted octanol–water partition coefficient (Wildman–Crippen LogP) is 7.25. The van der Waals surface area contributed by atoms with Crippen LogP contribution in [0.1, 0.15) is 53.9 Å². The molecule has 1 fully saturated rings. The zero-order valence-electron chi connectivity index (χ0n) is 14.6. The summed E-state index contributed by atoms with van der Waals surface area (Å²) >= 11 is 11.9.